The Morgan fingerprint density at radius 1 is 1.24 bits per heavy atom. The van der Waals surface area contributed by atoms with Gasteiger partial charge in [-0.25, -0.2) is 8.42 Å². The molecule has 0 aliphatic carbocycles. The van der Waals surface area contributed by atoms with Crippen LogP contribution in [-0.4, -0.2) is 45.1 Å². The van der Waals surface area contributed by atoms with Gasteiger partial charge < -0.3 is 15.2 Å². The summed E-state index contributed by atoms with van der Waals surface area (Å²) < 4.78 is 38.0. The molecule has 118 valence electrons. The van der Waals surface area contributed by atoms with E-state index in [0.29, 0.717) is 48.7 Å². The Hall–Kier alpha value is -0.540. The molecule has 0 bridgehead atoms. The highest BCUT2D eigenvalue weighted by molar-refractivity contribution is 9.10. The van der Waals surface area contributed by atoms with Crippen LogP contribution >= 0.6 is 28.3 Å². The van der Waals surface area contributed by atoms with Crippen molar-refractivity contribution in [2.45, 2.75) is 17.4 Å². The summed E-state index contributed by atoms with van der Waals surface area (Å²) in [5.41, 5.74) is 5.79. The second-order valence-corrected chi connectivity index (χ2v) is 7.60. The first-order valence-electron chi connectivity index (χ1n) is 6.33. The molecule has 2 N–H and O–H groups in total. The molecule has 1 fully saturated rings. The third-order valence-electron chi connectivity index (χ3n) is 3.40. The van der Waals surface area contributed by atoms with Crippen LogP contribution in [0.1, 0.15) is 6.42 Å². The number of hydrogen-bond acceptors (Lipinski definition) is 5. The Morgan fingerprint density at radius 3 is 2.43 bits per heavy atom. The van der Waals surface area contributed by atoms with Gasteiger partial charge in [-0.3, -0.25) is 0 Å². The third-order valence-corrected chi connectivity index (χ3v) is 6.23. The van der Waals surface area contributed by atoms with Crippen LogP contribution in [0.25, 0.3) is 0 Å². The van der Waals surface area contributed by atoms with Crippen molar-refractivity contribution in [1.29, 1.82) is 0 Å². The zero-order valence-corrected chi connectivity index (χ0v) is 14.3. The van der Waals surface area contributed by atoms with E-state index in [1.54, 1.807) is 6.07 Å². The average Bonchev–Trinajstić information content (AvgIpc) is 2.85. The van der Waals surface area contributed by atoms with Gasteiger partial charge in [0.2, 0.25) is 10.0 Å². The Kier molecular flexibility index (Phi) is 5.04. The van der Waals surface area contributed by atoms with Crippen molar-refractivity contribution in [3.8, 4) is 11.5 Å². The first-order chi connectivity index (χ1) is 9.48. The SMILES string of the molecule is Cl.N[C@@H]1CCN(S(=O)(=O)c2cc3c(cc2Br)OCCO3)C1. The lowest BCUT2D eigenvalue weighted by Crippen LogP contribution is -2.32. The van der Waals surface area contributed by atoms with Gasteiger partial charge in [0.1, 0.15) is 18.1 Å². The topological polar surface area (TPSA) is 81.9 Å². The summed E-state index contributed by atoms with van der Waals surface area (Å²) in [6, 6.07) is 3.05. The maximum atomic E-state index is 12.6. The number of sulfonamides is 1. The van der Waals surface area contributed by atoms with Crippen molar-refractivity contribution < 1.29 is 17.9 Å². The number of halogens is 2. The van der Waals surface area contributed by atoms with Gasteiger partial charge in [0, 0.05) is 29.7 Å². The molecule has 0 aromatic heterocycles. The van der Waals surface area contributed by atoms with Gasteiger partial charge in [-0.2, -0.15) is 4.31 Å². The minimum absolute atomic E-state index is 0. The summed E-state index contributed by atoms with van der Waals surface area (Å²) in [7, 11) is -3.56. The van der Waals surface area contributed by atoms with Gasteiger partial charge in [0.05, 0.1) is 0 Å². The minimum atomic E-state index is -3.56. The van der Waals surface area contributed by atoms with E-state index in [1.165, 1.54) is 10.4 Å². The van der Waals surface area contributed by atoms with E-state index >= 15 is 0 Å². The Balaban J connectivity index is 0.00000161. The normalized spacial score (nSPS) is 21.9. The molecule has 2 aliphatic rings. The highest BCUT2D eigenvalue weighted by Gasteiger charge is 2.33. The number of ether oxygens (including phenoxy) is 2. The summed E-state index contributed by atoms with van der Waals surface area (Å²) in [6.07, 6.45) is 0.682. The second kappa shape index (κ2) is 6.29. The predicted octanol–water partition coefficient (Wildman–Crippen LogP) is 1.36. The zero-order valence-electron chi connectivity index (χ0n) is 11.1. The Labute approximate surface area is 138 Å². The molecule has 1 aromatic rings. The van der Waals surface area contributed by atoms with Crippen LogP contribution in [0.5, 0.6) is 11.5 Å². The molecule has 0 saturated carbocycles. The standard InChI is InChI=1S/C12H15BrN2O4S.ClH/c13-9-5-10-11(19-4-3-18-10)6-12(9)20(16,17)15-2-1-8(14)7-15;/h5-6,8H,1-4,7,14H2;1H/t8-;/m1./s1. The molecule has 1 aromatic carbocycles. The molecule has 1 atom stereocenters. The van der Waals surface area contributed by atoms with Crippen molar-refractivity contribution >= 4 is 38.4 Å². The fourth-order valence-electron chi connectivity index (χ4n) is 2.35. The molecule has 2 aliphatic heterocycles. The van der Waals surface area contributed by atoms with Gasteiger partial charge in [0.15, 0.2) is 11.5 Å². The Bertz CT molecular complexity index is 640. The Morgan fingerprint density at radius 2 is 1.86 bits per heavy atom. The molecule has 0 spiro atoms. The second-order valence-electron chi connectivity index (χ2n) is 4.84. The fraction of sp³-hybridized carbons (Fsp3) is 0.500. The van der Waals surface area contributed by atoms with Crippen LogP contribution in [0, 0.1) is 0 Å². The highest BCUT2D eigenvalue weighted by atomic mass is 79.9. The van der Waals surface area contributed by atoms with Crippen molar-refractivity contribution in [3.63, 3.8) is 0 Å². The van der Waals surface area contributed by atoms with Crippen molar-refractivity contribution in [2.75, 3.05) is 26.3 Å². The first kappa shape index (κ1) is 16.8. The van der Waals surface area contributed by atoms with Crippen molar-refractivity contribution in [2.24, 2.45) is 5.73 Å². The number of hydrogen-bond donors (Lipinski definition) is 1. The summed E-state index contributed by atoms with van der Waals surface area (Å²) in [6.45, 7) is 1.68. The molecular formula is C12H16BrClN2O4S. The monoisotopic (exact) mass is 398 g/mol. The predicted molar refractivity (Wildman–Crippen MR) is 83.7 cm³/mol. The molecule has 21 heavy (non-hydrogen) atoms. The summed E-state index contributed by atoms with van der Waals surface area (Å²) in [5, 5.41) is 0. The number of nitrogens with zero attached hydrogens (tertiary/aromatic N) is 1. The molecule has 9 heteroatoms. The quantitative estimate of drug-likeness (QED) is 0.812. The van der Waals surface area contributed by atoms with Crippen LogP contribution in [0.3, 0.4) is 0 Å². The van der Waals surface area contributed by atoms with Crippen LogP contribution in [0.2, 0.25) is 0 Å². The van der Waals surface area contributed by atoms with E-state index in [1.807, 2.05) is 0 Å². The van der Waals surface area contributed by atoms with Gasteiger partial charge in [-0.1, -0.05) is 0 Å². The zero-order chi connectivity index (χ0) is 14.3. The first-order valence-corrected chi connectivity index (χ1v) is 8.56. The van der Waals surface area contributed by atoms with Gasteiger partial charge in [0.25, 0.3) is 0 Å². The molecule has 1 saturated heterocycles. The maximum absolute atomic E-state index is 12.6. The summed E-state index contributed by atoms with van der Waals surface area (Å²) in [4.78, 5) is 0.191. The summed E-state index contributed by atoms with van der Waals surface area (Å²) >= 11 is 3.30. The van der Waals surface area contributed by atoms with Gasteiger partial charge >= 0.3 is 0 Å². The van der Waals surface area contributed by atoms with E-state index in [2.05, 4.69) is 15.9 Å². The van der Waals surface area contributed by atoms with Crippen LogP contribution in [0.15, 0.2) is 21.5 Å². The van der Waals surface area contributed by atoms with E-state index in [9.17, 15) is 8.42 Å². The lowest BCUT2D eigenvalue weighted by atomic mass is 10.3. The third kappa shape index (κ3) is 3.14. The molecule has 2 heterocycles. The maximum Gasteiger partial charge on any atom is 0.244 e. The van der Waals surface area contributed by atoms with E-state index in [-0.39, 0.29) is 23.3 Å². The number of nitrogens with two attached hydrogens (primary N) is 1. The van der Waals surface area contributed by atoms with E-state index in [0.717, 1.165) is 0 Å². The van der Waals surface area contributed by atoms with Gasteiger partial charge in [-0.15, -0.1) is 12.4 Å². The van der Waals surface area contributed by atoms with Crippen molar-refractivity contribution in [1.82, 2.24) is 4.31 Å². The van der Waals surface area contributed by atoms with E-state index in [4.69, 9.17) is 15.2 Å². The van der Waals surface area contributed by atoms with Crippen LogP contribution in [0.4, 0.5) is 0 Å². The van der Waals surface area contributed by atoms with Crippen molar-refractivity contribution in [3.05, 3.63) is 16.6 Å². The highest BCUT2D eigenvalue weighted by Crippen LogP contribution is 2.38. The smallest absolute Gasteiger partial charge is 0.244 e. The molecule has 0 radical (unpaired) electrons. The minimum Gasteiger partial charge on any atom is -0.486 e. The van der Waals surface area contributed by atoms with Crippen LogP contribution < -0.4 is 15.2 Å². The lowest BCUT2D eigenvalue weighted by Gasteiger charge is -2.22. The lowest BCUT2D eigenvalue weighted by molar-refractivity contribution is 0.171. The number of rotatable bonds is 2. The summed E-state index contributed by atoms with van der Waals surface area (Å²) in [5.74, 6) is 1.02. The number of benzene rings is 1. The molecular weight excluding hydrogens is 384 g/mol. The van der Waals surface area contributed by atoms with Gasteiger partial charge in [-0.05, 0) is 28.4 Å². The molecule has 0 unspecified atom stereocenters. The fourth-order valence-corrected chi connectivity index (χ4v) is 4.86. The largest absolute Gasteiger partial charge is 0.486 e. The van der Waals surface area contributed by atoms with Crippen LogP contribution in [-0.2, 0) is 10.0 Å². The molecule has 3 rings (SSSR count). The van der Waals surface area contributed by atoms with E-state index < -0.39 is 10.0 Å². The molecule has 6 nitrogen and oxygen atoms in total. The average molecular weight is 400 g/mol. The number of fused-ring (bicyclic) bond motifs is 1. The molecule has 0 amide bonds.